The molecule has 2 heterocycles. The van der Waals surface area contributed by atoms with Gasteiger partial charge in [-0.05, 0) is 47.4 Å². The molecule has 4 rings (SSSR count). The van der Waals surface area contributed by atoms with Crippen LogP contribution in [0.3, 0.4) is 0 Å². The van der Waals surface area contributed by atoms with Crippen molar-refractivity contribution in [3.63, 3.8) is 0 Å². The first kappa shape index (κ1) is 21.2. The zero-order valence-corrected chi connectivity index (χ0v) is 17.8. The van der Waals surface area contributed by atoms with E-state index in [1.807, 2.05) is 12.1 Å². The van der Waals surface area contributed by atoms with E-state index < -0.39 is 5.43 Å². The molecule has 0 atom stereocenters. The molecule has 0 aliphatic heterocycles. The zero-order valence-electron chi connectivity index (χ0n) is 17.8. The number of nitrogen functional groups attached to an aromatic ring is 1. The van der Waals surface area contributed by atoms with Gasteiger partial charge in [0.1, 0.15) is 11.4 Å². The summed E-state index contributed by atoms with van der Waals surface area (Å²) in [5.74, 6) is -0.0829. The molecular weight excluding hydrogens is 404 g/mol. The van der Waals surface area contributed by atoms with Gasteiger partial charge >= 0.3 is 0 Å². The molecule has 0 aliphatic carbocycles. The third kappa shape index (κ3) is 4.34. The van der Waals surface area contributed by atoms with Gasteiger partial charge in [-0.15, -0.1) is 10.2 Å². The number of para-hydroxylation sites is 1. The van der Waals surface area contributed by atoms with Crippen LogP contribution in [-0.4, -0.2) is 31.4 Å². The van der Waals surface area contributed by atoms with Crippen molar-refractivity contribution in [2.45, 2.75) is 32.6 Å². The van der Waals surface area contributed by atoms with Crippen LogP contribution in [0.15, 0.2) is 53.3 Å². The van der Waals surface area contributed by atoms with E-state index in [1.54, 1.807) is 24.3 Å². The van der Waals surface area contributed by atoms with Gasteiger partial charge in [0, 0.05) is 10.9 Å². The summed E-state index contributed by atoms with van der Waals surface area (Å²) in [5.41, 5.74) is 8.75. The van der Waals surface area contributed by atoms with Crippen molar-refractivity contribution in [1.82, 2.24) is 25.6 Å². The molecule has 0 amide bonds. The smallest absolute Gasteiger partial charge is 0.223 e. The number of pyridine rings is 1. The Hall–Kier alpha value is -4.07. The van der Waals surface area contributed by atoms with Crippen molar-refractivity contribution >= 4 is 28.4 Å². The number of aromatic amines is 2. The summed E-state index contributed by atoms with van der Waals surface area (Å²) in [6, 6.07) is 13.2. The van der Waals surface area contributed by atoms with Crippen LogP contribution in [0.1, 0.15) is 47.7 Å². The van der Waals surface area contributed by atoms with Crippen LogP contribution in [-0.2, 0) is 6.42 Å². The molecule has 4 N–H and O–H groups in total. The molecule has 0 fully saturated rings. The van der Waals surface area contributed by atoms with Gasteiger partial charge in [0.15, 0.2) is 5.78 Å². The molecule has 8 heteroatoms. The number of benzene rings is 2. The molecule has 0 bridgehead atoms. The number of tetrazole rings is 1. The zero-order chi connectivity index (χ0) is 22.5. The summed E-state index contributed by atoms with van der Waals surface area (Å²) in [6.07, 6.45) is 7.94. The number of allylic oxidation sites excluding steroid dienone is 1. The molecule has 0 aliphatic rings. The van der Waals surface area contributed by atoms with Crippen LogP contribution in [0.2, 0.25) is 0 Å². The monoisotopic (exact) mass is 428 g/mol. The summed E-state index contributed by atoms with van der Waals surface area (Å²) in [7, 11) is 0. The number of nitrogens with zero attached hydrogens (tertiary/aromatic N) is 3. The van der Waals surface area contributed by atoms with E-state index in [9.17, 15) is 9.59 Å². The molecule has 0 saturated heterocycles. The van der Waals surface area contributed by atoms with Gasteiger partial charge in [-0.2, -0.15) is 5.21 Å². The Morgan fingerprint density at radius 3 is 2.66 bits per heavy atom. The first-order chi connectivity index (χ1) is 15.6. The highest BCUT2D eigenvalue weighted by Crippen LogP contribution is 2.23. The second-order valence-corrected chi connectivity index (χ2v) is 7.60. The highest BCUT2D eigenvalue weighted by atomic mass is 16.1. The van der Waals surface area contributed by atoms with Crippen molar-refractivity contribution in [2.75, 3.05) is 5.73 Å². The number of unbranched alkanes of at least 4 members (excludes halogenated alkanes) is 2. The van der Waals surface area contributed by atoms with Gasteiger partial charge in [0.05, 0.1) is 5.52 Å². The SMILES string of the molecule is CCCCCc1ccc(C=CC(=O)c2cccc3c(=O)c(N)c(-c4nn[nH]n4)[nH]c23)cc1. The van der Waals surface area contributed by atoms with E-state index in [0.29, 0.717) is 16.5 Å². The van der Waals surface area contributed by atoms with Crippen molar-refractivity contribution in [1.29, 1.82) is 0 Å². The normalized spacial score (nSPS) is 11.4. The summed E-state index contributed by atoms with van der Waals surface area (Å²) in [6.45, 7) is 2.19. The summed E-state index contributed by atoms with van der Waals surface area (Å²) in [4.78, 5) is 28.8. The number of anilines is 1. The Morgan fingerprint density at radius 1 is 1.12 bits per heavy atom. The predicted octanol–water partition coefficient (Wildman–Crippen LogP) is 3.92. The van der Waals surface area contributed by atoms with Gasteiger partial charge in [-0.1, -0.05) is 56.2 Å². The number of aromatic nitrogens is 5. The largest absolute Gasteiger partial charge is 0.394 e. The van der Waals surface area contributed by atoms with Crippen LogP contribution < -0.4 is 11.2 Å². The molecule has 0 saturated carbocycles. The minimum atomic E-state index is -0.393. The molecule has 0 spiro atoms. The van der Waals surface area contributed by atoms with Gasteiger partial charge in [-0.3, -0.25) is 9.59 Å². The summed E-state index contributed by atoms with van der Waals surface area (Å²) < 4.78 is 0. The van der Waals surface area contributed by atoms with Gasteiger partial charge in [-0.25, -0.2) is 0 Å². The average molecular weight is 428 g/mol. The third-order valence-corrected chi connectivity index (χ3v) is 5.38. The Morgan fingerprint density at radius 2 is 1.94 bits per heavy atom. The van der Waals surface area contributed by atoms with Gasteiger partial charge in [0.2, 0.25) is 11.3 Å². The number of aryl methyl sites for hydroxylation is 1. The Labute approximate surface area is 184 Å². The lowest BCUT2D eigenvalue weighted by Gasteiger charge is -2.08. The van der Waals surface area contributed by atoms with E-state index in [0.717, 1.165) is 12.0 Å². The van der Waals surface area contributed by atoms with Crippen LogP contribution in [0.5, 0.6) is 0 Å². The Kier molecular flexibility index (Phi) is 6.21. The van der Waals surface area contributed by atoms with Crippen molar-refractivity contribution in [2.24, 2.45) is 0 Å². The topological polar surface area (TPSA) is 130 Å². The number of carbonyl (C=O) groups is 1. The van der Waals surface area contributed by atoms with Crippen molar-refractivity contribution in [3.05, 3.63) is 75.5 Å². The van der Waals surface area contributed by atoms with Crippen LogP contribution in [0.4, 0.5) is 5.69 Å². The molecule has 4 aromatic rings. The highest BCUT2D eigenvalue weighted by molar-refractivity contribution is 6.14. The lowest BCUT2D eigenvalue weighted by Crippen LogP contribution is -2.14. The molecule has 32 heavy (non-hydrogen) atoms. The Bertz CT molecular complexity index is 1320. The quantitative estimate of drug-likeness (QED) is 0.221. The number of H-pyrrole nitrogens is 2. The molecule has 2 aromatic carbocycles. The molecular formula is C24H24N6O2. The lowest BCUT2D eigenvalue weighted by atomic mass is 10.0. The maximum absolute atomic E-state index is 13.0. The second kappa shape index (κ2) is 9.38. The standard InChI is InChI=1S/C24H24N6O2/c1-2-3-4-6-15-9-11-16(12-10-15)13-14-19(31)17-7-5-8-18-21(17)26-22(20(25)23(18)32)24-27-29-30-28-24/h5,7-14H,2-4,6,25H2,1H3,(H,26,32)(H,27,28,29,30). The molecule has 0 unspecified atom stereocenters. The van der Waals surface area contributed by atoms with E-state index in [4.69, 9.17) is 5.73 Å². The first-order valence-electron chi connectivity index (χ1n) is 10.6. The van der Waals surface area contributed by atoms with E-state index in [1.165, 1.54) is 30.9 Å². The van der Waals surface area contributed by atoms with Crippen LogP contribution in [0.25, 0.3) is 28.5 Å². The molecule has 8 nitrogen and oxygen atoms in total. The molecule has 2 aromatic heterocycles. The highest BCUT2D eigenvalue weighted by Gasteiger charge is 2.17. The third-order valence-electron chi connectivity index (χ3n) is 5.38. The van der Waals surface area contributed by atoms with Gasteiger partial charge < -0.3 is 10.7 Å². The fourth-order valence-electron chi connectivity index (χ4n) is 3.61. The van der Waals surface area contributed by atoms with Crippen molar-refractivity contribution in [3.8, 4) is 11.5 Å². The summed E-state index contributed by atoms with van der Waals surface area (Å²) in [5, 5.41) is 13.9. The molecule has 162 valence electrons. The maximum Gasteiger partial charge on any atom is 0.223 e. The van der Waals surface area contributed by atoms with Crippen molar-refractivity contribution < 1.29 is 4.79 Å². The van der Waals surface area contributed by atoms with E-state index in [-0.39, 0.29) is 23.0 Å². The minimum absolute atomic E-state index is 0.0296. The van der Waals surface area contributed by atoms with Gasteiger partial charge in [0.25, 0.3) is 0 Å². The lowest BCUT2D eigenvalue weighted by molar-refractivity contribution is 0.104. The number of hydrogen-bond donors (Lipinski definition) is 3. The number of hydrogen-bond acceptors (Lipinski definition) is 6. The number of ketones is 1. The predicted molar refractivity (Wildman–Crippen MR) is 125 cm³/mol. The van der Waals surface area contributed by atoms with E-state index in [2.05, 4.69) is 44.7 Å². The number of nitrogens with one attached hydrogen (secondary N) is 2. The summed E-state index contributed by atoms with van der Waals surface area (Å²) >= 11 is 0. The second-order valence-electron chi connectivity index (χ2n) is 7.60. The first-order valence-corrected chi connectivity index (χ1v) is 10.6. The minimum Gasteiger partial charge on any atom is -0.394 e. The number of carbonyl (C=O) groups excluding carboxylic acids is 1. The average Bonchev–Trinajstić information content (AvgIpc) is 3.35. The fraction of sp³-hybridized carbons (Fsp3) is 0.208. The number of fused-ring (bicyclic) bond motifs is 1. The van der Waals surface area contributed by atoms with Crippen LogP contribution in [0, 0.1) is 0 Å². The molecule has 0 radical (unpaired) electrons. The van der Waals surface area contributed by atoms with E-state index >= 15 is 0 Å². The fourth-order valence-corrected chi connectivity index (χ4v) is 3.61. The maximum atomic E-state index is 13.0. The number of rotatable bonds is 8. The number of nitrogens with two attached hydrogens (primary N) is 1. The van der Waals surface area contributed by atoms with Crippen LogP contribution >= 0.6 is 0 Å². The Balaban J connectivity index is 1.63.